The smallest absolute Gasteiger partial charge is 0.0922 e. The first-order chi connectivity index (χ1) is 4.31. The number of hydrogen-bond acceptors (Lipinski definition) is 2. The molecular weight excluding hydrogens is 132 g/mol. The van der Waals surface area contributed by atoms with Gasteiger partial charge in [0.25, 0.3) is 0 Å². The Balaban J connectivity index is 2.34. The third kappa shape index (κ3) is 0.758. The molecule has 0 aromatic carbocycles. The van der Waals surface area contributed by atoms with E-state index in [2.05, 4.69) is 22.6 Å². The first-order valence-corrected chi connectivity index (χ1v) is 3.47. The van der Waals surface area contributed by atoms with E-state index in [0.717, 1.165) is 5.69 Å². The molecule has 0 spiro atoms. The summed E-state index contributed by atoms with van der Waals surface area (Å²) in [5.74, 6) is 0. The molecule has 2 rings (SSSR count). The molecule has 0 atom stereocenters. The van der Waals surface area contributed by atoms with E-state index in [-0.39, 0.29) is 4.75 Å². The molecule has 3 heteroatoms. The third-order valence-electron chi connectivity index (χ3n) is 1.72. The molecule has 1 heterocycles. The van der Waals surface area contributed by atoms with Gasteiger partial charge in [-0.2, -0.15) is 12.6 Å². The second kappa shape index (κ2) is 1.53. The highest BCUT2D eigenvalue weighted by atomic mass is 32.1. The number of nitrogens with zero attached hydrogens (tertiary/aromatic N) is 1. The Kier molecular flexibility index (Phi) is 0.913. The van der Waals surface area contributed by atoms with Gasteiger partial charge in [0.2, 0.25) is 0 Å². The Morgan fingerprint density at radius 3 is 2.89 bits per heavy atom. The maximum absolute atomic E-state index is 4.45. The van der Waals surface area contributed by atoms with E-state index in [1.165, 1.54) is 12.8 Å². The zero-order valence-corrected chi connectivity index (χ0v) is 5.86. The van der Waals surface area contributed by atoms with Crippen LogP contribution < -0.4 is 0 Å². The van der Waals surface area contributed by atoms with Crippen LogP contribution in [0.4, 0.5) is 0 Å². The molecule has 1 aromatic heterocycles. The molecule has 0 saturated heterocycles. The molecule has 1 aliphatic carbocycles. The Hall–Kier alpha value is -0.440. The highest BCUT2D eigenvalue weighted by Gasteiger charge is 2.41. The highest BCUT2D eigenvalue weighted by molar-refractivity contribution is 7.81. The maximum atomic E-state index is 4.45. The lowest BCUT2D eigenvalue weighted by atomic mass is 10.3. The average molecular weight is 140 g/mol. The van der Waals surface area contributed by atoms with Gasteiger partial charge in [-0.3, -0.25) is 0 Å². The van der Waals surface area contributed by atoms with E-state index in [9.17, 15) is 0 Å². The number of H-pyrrole nitrogens is 1. The fraction of sp³-hybridized carbons (Fsp3) is 0.500. The lowest BCUT2D eigenvalue weighted by molar-refractivity contribution is 0.981. The third-order valence-corrected chi connectivity index (χ3v) is 2.41. The predicted octanol–water partition coefficient (Wildman–Crippen LogP) is 1.33. The van der Waals surface area contributed by atoms with Crippen LogP contribution in [0, 0.1) is 0 Å². The zero-order chi connectivity index (χ0) is 6.32. The van der Waals surface area contributed by atoms with Crippen LogP contribution in [0.3, 0.4) is 0 Å². The van der Waals surface area contributed by atoms with Crippen molar-refractivity contribution in [2.75, 3.05) is 0 Å². The second-order valence-electron chi connectivity index (χ2n) is 2.50. The topological polar surface area (TPSA) is 28.7 Å². The molecular formula is C6H8N2S. The highest BCUT2D eigenvalue weighted by Crippen LogP contribution is 2.50. The van der Waals surface area contributed by atoms with Crippen molar-refractivity contribution >= 4 is 12.6 Å². The van der Waals surface area contributed by atoms with E-state index >= 15 is 0 Å². The summed E-state index contributed by atoms with van der Waals surface area (Å²) < 4.78 is 0.149. The van der Waals surface area contributed by atoms with Crippen molar-refractivity contribution in [3.63, 3.8) is 0 Å². The summed E-state index contributed by atoms with van der Waals surface area (Å²) in [6.07, 6.45) is 5.90. The molecule has 0 aliphatic heterocycles. The van der Waals surface area contributed by atoms with Gasteiger partial charge in [0.15, 0.2) is 0 Å². The van der Waals surface area contributed by atoms with Gasteiger partial charge < -0.3 is 4.98 Å². The van der Waals surface area contributed by atoms with Gasteiger partial charge in [-0.05, 0) is 12.8 Å². The summed E-state index contributed by atoms with van der Waals surface area (Å²) in [5, 5.41) is 0. The first kappa shape index (κ1) is 5.35. The van der Waals surface area contributed by atoms with Gasteiger partial charge in [-0.25, -0.2) is 4.98 Å². The summed E-state index contributed by atoms with van der Waals surface area (Å²) >= 11 is 4.45. The molecule has 0 radical (unpaired) electrons. The van der Waals surface area contributed by atoms with Crippen LogP contribution >= 0.6 is 12.6 Å². The van der Waals surface area contributed by atoms with E-state index in [1.54, 1.807) is 6.33 Å². The van der Waals surface area contributed by atoms with Gasteiger partial charge in [0.05, 0.1) is 16.8 Å². The Bertz CT molecular complexity index is 201. The SMILES string of the molecule is SC1(c2cnc[nH]2)CC1. The fourth-order valence-corrected chi connectivity index (χ4v) is 1.13. The van der Waals surface area contributed by atoms with Crippen molar-refractivity contribution in [2.45, 2.75) is 17.6 Å². The molecule has 0 amide bonds. The van der Waals surface area contributed by atoms with Crippen LogP contribution in [0.5, 0.6) is 0 Å². The number of aromatic nitrogens is 2. The summed E-state index contributed by atoms with van der Waals surface area (Å²) in [4.78, 5) is 6.98. The van der Waals surface area contributed by atoms with E-state index in [4.69, 9.17) is 0 Å². The quantitative estimate of drug-likeness (QED) is 0.566. The zero-order valence-electron chi connectivity index (χ0n) is 4.96. The lowest BCUT2D eigenvalue weighted by Gasteiger charge is -2.00. The molecule has 1 fully saturated rings. The molecule has 1 N–H and O–H groups in total. The van der Waals surface area contributed by atoms with Gasteiger partial charge in [-0.15, -0.1) is 0 Å². The van der Waals surface area contributed by atoms with Crippen molar-refractivity contribution < 1.29 is 0 Å². The molecule has 1 aromatic rings. The molecule has 2 nitrogen and oxygen atoms in total. The molecule has 48 valence electrons. The van der Waals surface area contributed by atoms with Crippen molar-refractivity contribution in [3.05, 3.63) is 18.2 Å². The fourth-order valence-electron chi connectivity index (χ4n) is 0.898. The first-order valence-electron chi connectivity index (χ1n) is 3.02. The summed E-state index contributed by atoms with van der Waals surface area (Å²) in [7, 11) is 0. The predicted molar refractivity (Wildman–Crippen MR) is 38.5 cm³/mol. The number of nitrogens with one attached hydrogen (secondary N) is 1. The van der Waals surface area contributed by atoms with Crippen LogP contribution in [0.25, 0.3) is 0 Å². The Morgan fingerprint density at radius 2 is 2.44 bits per heavy atom. The van der Waals surface area contributed by atoms with Gasteiger partial charge in [-0.1, -0.05) is 0 Å². The molecule has 1 saturated carbocycles. The summed E-state index contributed by atoms with van der Waals surface area (Å²) in [6.45, 7) is 0. The lowest BCUT2D eigenvalue weighted by Crippen LogP contribution is -1.94. The Morgan fingerprint density at radius 1 is 1.67 bits per heavy atom. The minimum Gasteiger partial charge on any atom is -0.347 e. The van der Waals surface area contributed by atoms with Crippen LogP contribution in [-0.2, 0) is 4.75 Å². The van der Waals surface area contributed by atoms with Crippen molar-refractivity contribution in [1.29, 1.82) is 0 Å². The van der Waals surface area contributed by atoms with Crippen molar-refractivity contribution in [3.8, 4) is 0 Å². The van der Waals surface area contributed by atoms with Crippen molar-refractivity contribution in [2.24, 2.45) is 0 Å². The van der Waals surface area contributed by atoms with Crippen molar-refractivity contribution in [1.82, 2.24) is 9.97 Å². The molecule has 0 bridgehead atoms. The minimum atomic E-state index is 0.149. The maximum Gasteiger partial charge on any atom is 0.0922 e. The number of thiol groups is 1. The number of hydrogen-bond donors (Lipinski definition) is 2. The summed E-state index contributed by atoms with van der Waals surface area (Å²) in [6, 6.07) is 0. The average Bonchev–Trinajstić information content (AvgIpc) is 2.46. The normalized spacial score (nSPS) is 21.9. The monoisotopic (exact) mass is 140 g/mol. The van der Waals surface area contributed by atoms with Crippen LogP contribution in [-0.4, -0.2) is 9.97 Å². The van der Waals surface area contributed by atoms with Crippen LogP contribution in [0.15, 0.2) is 12.5 Å². The summed E-state index contributed by atoms with van der Waals surface area (Å²) in [5.41, 5.74) is 1.16. The minimum absolute atomic E-state index is 0.149. The molecule has 1 aliphatic rings. The van der Waals surface area contributed by atoms with Gasteiger partial charge in [0, 0.05) is 6.20 Å². The van der Waals surface area contributed by atoms with Gasteiger partial charge >= 0.3 is 0 Å². The number of imidazole rings is 1. The van der Waals surface area contributed by atoms with E-state index in [1.807, 2.05) is 6.20 Å². The molecule has 0 unspecified atom stereocenters. The van der Waals surface area contributed by atoms with Crippen LogP contribution in [0.1, 0.15) is 18.5 Å². The van der Waals surface area contributed by atoms with E-state index < -0.39 is 0 Å². The standard InChI is InChI=1S/C6H8N2S/c9-6(1-2-6)5-3-7-4-8-5/h3-4,9H,1-2H2,(H,7,8). The molecule has 9 heavy (non-hydrogen) atoms. The number of aromatic amines is 1. The second-order valence-corrected chi connectivity index (χ2v) is 3.35. The van der Waals surface area contributed by atoms with Crippen LogP contribution in [0.2, 0.25) is 0 Å². The number of rotatable bonds is 1. The van der Waals surface area contributed by atoms with Gasteiger partial charge in [0.1, 0.15) is 0 Å². The Labute approximate surface area is 59.1 Å². The largest absolute Gasteiger partial charge is 0.347 e. The van der Waals surface area contributed by atoms with E-state index in [0.29, 0.717) is 0 Å².